The summed E-state index contributed by atoms with van der Waals surface area (Å²) in [5.41, 5.74) is 0.985. The van der Waals surface area contributed by atoms with Gasteiger partial charge in [-0.05, 0) is 34.9 Å². The Hall–Kier alpha value is -1.97. The fourth-order valence-electron chi connectivity index (χ4n) is 5.02. The van der Waals surface area contributed by atoms with Crippen molar-refractivity contribution in [3.8, 4) is 0 Å². The molecule has 1 aliphatic rings. The lowest BCUT2D eigenvalue weighted by atomic mass is 9.90. The van der Waals surface area contributed by atoms with Crippen LogP contribution in [0.1, 0.15) is 54.8 Å². The number of carbonyl (C=O) groups is 1. The number of fused-ring (bicyclic) bond motifs is 1. The van der Waals surface area contributed by atoms with Gasteiger partial charge in [-0.2, -0.15) is 0 Å². The van der Waals surface area contributed by atoms with Crippen molar-refractivity contribution in [2.75, 3.05) is 0 Å². The van der Waals surface area contributed by atoms with Gasteiger partial charge in [-0.25, -0.2) is 0 Å². The molecule has 1 nitrogen and oxygen atoms in total. The molecule has 2 aromatic carbocycles. The minimum atomic E-state index is -2.11. The molecule has 0 radical (unpaired) electrons. The van der Waals surface area contributed by atoms with Crippen molar-refractivity contribution in [1.29, 1.82) is 0 Å². The summed E-state index contributed by atoms with van der Waals surface area (Å²) >= 11 is 1.78. The fourth-order valence-corrected chi connectivity index (χ4v) is 12.0. The number of hydrogen-bond donors (Lipinski definition) is 0. The van der Waals surface area contributed by atoms with Crippen LogP contribution in [0.3, 0.4) is 0 Å². The average Bonchev–Trinajstić information content (AvgIpc) is 3.19. The van der Waals surface area contributed by atoms with E-state index in [1.54, 1.807) is 11.3 Å². The van der Waals surface area contributed by atoms with E-state index in [2.05, 4.69) is 86.8 Å². The molecule has 3 heteroatoms. The lowest BCUT2D eigenvalue weighted by Gasteiger charge is -2.46. The molecule has 1 aliphatic carbocycles. The van der Waals surface area contributed by atoms with E-state index in [1.807, 2.05) is 6.07 Å². The molecule has 0 fully saturated rings. The van der Waals surface area contributed by atoms with Gasteiger partial charge in [0.2, 0.25) is 0 Å². The van der Waals surface area contributed by atoms with Crippen molar-refractivity contribution in [2.24, 2.45) is 0 Å². The fraction of sp³-hybridized carbons (Fsp3) is 0.320. The summed E-state index contributed by atoms with van der Waals surface area (Å²) in [7, 11) is -2.11. The Morgan fingerprint density at radius 2 is 1.50 bits per heavy atom. The van der Waals surface area contributed by atoms with Gasteiger partial charge >= 0.3 is 0 Å². The lowest BCUT2D eigenvalue weighted by molar-refractivity contribution is 0.0969. The summed E-state index contributed by atoms with van der Waals surface area (Å²) in [6.07, 6.45) is 1.67. The molecule has 0 N–H and O–H groups in total. The number of carbonyl (C=O) groups excluding carboxylic acids is 1. The van der Waals surface area contributed by atoms with Gasteiger partial charge in [0.25, 0.3) is 0 Å². The molecule has 28 heavy (non-hydrogen) atoms. The molecule has 1 unspecified atom stereocenters. The van der Waals surface area contributed by atoms with E-state index in [9.17, 15) is 4.79 Å². The van der Waals surface area contributed by atoms with Gasteiger partial charge in [0.15, 0.2) is 5.78 Å². The molecule has 144 valence electrons. The largest absolute Gasteiger partial charge is 0.294 e. The maximum atomic E-state index is 12.4. The van der Waals surface area contributed by atoms with Crippen molar-refractivity contribution in [1.82, 2.24) is 0 Å². The first-order valence-electron chi connectivity index (χ1n) is 10.1. The highest BCUT2D eigenvalue weighted by atomic mass is 32.1. The van der Waals surface area contributed by atoms with E-state index in [0.717, 1.165) is 18.0 Å². The molecule has 3 aromatic rings. The Kier molecular flexibility index (Phi) is 5.15. The highest BCUT2D eigenvalue weighted by Gasteiger charge is 2.49. The van der Waals surface area contributed by atoms with Crippen LogP contribution in [0.15, 0.2) is 72.1 Å². The van der Waals surface area contributed by atoms with Crippen molar-refractivity contribution < 1.29 is 4.79 Å². The maximum absolute atomic E-state index is 12.4. The highest BCUT2D eigenvalue weighted by molar-refractivity contribution is 7.10. The van der Waals surface area contributed by atoms with Crippen LogP contribution in [0.2, 0.25) is 11.1 Å². The van der Waals surface area contributed by atoms with Gasteiger partial charge in [0, 0.05) is 16.9 Å². The molecule has 4 rings (SSSR count). The minimum absolute atomic E-state index is 0.161. The molecule has 1 heterocycles. The van der Waals surface area contributed by atoms with Crippen molar-refractivity contribution >= 4 is 35.6 Å². The van der Waals surface area contributed by atoms with E-state index < -0.39 is 8.07 Å². The molecule has 0 saturated heterocycles. The summed E-state index contributed by atoms with van der Waals surface area (Å²) < 4.78 is 0. The topological polar surface area (TPSA) is 17.1 Å². The van der Waals surface area contributed by atoms with Gasteiger partial charge in [0.05, 0.1) is 0 Å². The molecule has 0 bridgehead atoms. The predicted molar refractivity (Wildman–Crippen MR) is 123 cm³/mol. The van der Waals surface area contributed by atoms with Crippen LogP contribution in [0, 0.1) is 0 Å². The summed E-state index contributed by atoms with van der Waals surface area (Å²) in [6.45, 7) is 7.26. The van der Waals surface area contributed by atoms with Crippen LogP contribution in [0.5, 0.6) is 0 Å². The van der Waals surface area contributed by atoms with Crippen LogP contribution in [-0.4, -0.2) is 13.9 Å². The van der Waals surface area contributed by atoms with E-state index in [4.69, 9.17) is 0 Å². The second-order valence-corrected chi connectivity index (χ2v) is 14.8. The summed E-state index contributed by atoms with van der Waals surface area (Å²) in [6, 6.07) is 25.5. The normalized spacial score (nSPS) is 17.4. The standard InChI is InChI=1S/C25H28OSSi/c1-25(2,3)28(20-10-6-4-7-11-20,21-12-8-5-9-13-21)18-19-14-15-23(26)22-16-17-27-24(19)22/h4-13,16-17,19H,14-15,18H2,1-3H3. The van der Waals surface area contributed by atoms with E-state index in [1.165, 1.54) is 15.3 Å². The Morgan fingerprint density at radius 3 is 2.04 bits per heavy atom. The lowest BCUT2D eigenvalue weighted by Crippen LogP contribution is -2.64. The van der Waals surface area contributed by atoms with Gasteiger partial charge in [0.1, 0.15) is 8.07 Å². The van der Waals surface area contributed by atoms with Crippen LogP contribution < -0.4 is 10.4 Å². The molecule has 1 atom stereocenters. The molecular formula is C25H28OSSi. The number of rotatable bonds is 4. The number of benzene rings is 2. The summed E-state index contributed by atoms with van der Waals surface area (Å²) in [4.78, 5) is 13.7. The van der Waals surface area contributed by atoms with Crippen molar-refractivity contribution in [3.05, 3.63) is 82.6 Å². The minimum Gasteiger partial charge on any atom is -0.294 e. The zero-order valence-corrected chi connectivity index (χ0v) is 18.8. The quantitative estimate of drug-likeness (QED) is 0.497. The second-order valence-electron chi connectivity index (χ2n) is 8.95. The number of ketones is 1. The Labute approximate surface area is 173 Å². The average molecular weight is 405 g/mol. The van der Waals surface area contributed by atoms with Crippen LogP contribution in [-0.2, 0) is 0 Å². The van der Waals surface area contributed by atoms with Gasteiger partial charge in [-0.15, -0.1) is 11.3 Å². The third-order valence-electron chi connectivity index (χ3n) is 6.45. The van der Waals surface area contributed by atoms with Crippen LogP contribution in [0.4, 0.5) is 0 Å². The first-order chi connectivity index (χ1) is 13.4. The molecular weight excluding hydrogens is 376 g/mol. The summed E-state index contributed by atoms with van der Waals surface area (Å²) in [5.74, 6) is 0.800. The molecule has 0 amide bonds. The number of hydrogen-bond acceptors (Lipinski definition) is 2. The zero-order chi connectivity index (χ0) is 19.8. The highest BCUT2D eigenvalue weighted by Crippen LogP contribution is 2.46. The monoisotopic (exact) mass is 404 g/mol. The molecule has 1 aromatic heterocycles. The van der Waals surface area contributed by atoms with Crippen LogP contribution in [0.25, 0.3) is 0 Å². The molecule has 0 aliphatic heterocycles. The van der Waals surface area contributed by atoms with Gasteiger partial charge in [-0.1, -0.05) is 91.8 Å². The Morgan fingerprint density at radius 1 is 0.929 bits per heavy atom. The van der Waals surface area contributed by atoms with Gasteiger partial charge in [-0.3, -0.25) is 4.79 Å². The first kappa shape index (κ1) is 19.3. The third kappa shape index (κ3) is 3.21. The number of Topliss-reactive ketones (excluding diaryl/α,β-unsaturated/α-hetero) is 1. The summed E-state index contributed by atoms with van der Waals surface area (Å²) in [5, 5.41) is 5.27. The van der Waals surface area contributed by atoms with Crippen molar-refractivity contribution in [3.63, 3.8) is 0 Å². The predicted octanol–water partition coefficient (Wildman–Crippen LogP) is 5.87. The molecule has 0 spiro atoms. The molecule has 0 saturated carbocycles. The van der Waals surface area contributed by atoms with E-state index in [0.29, 0.717) is 18.1 Å². The zero-order valence-electron chi connectivity index (χ0n) is 16.9. The third-order valence-corrected chi connectivity index (χ3v) is 13.8. The second kappa shape index (κ2) is 7.45. The Bertz CT molecular complexity index is 913. The number of thiophene rings is 1. The van der Waals surface area contributed by atoms with E-state index >= 15 is 0 Å². The maximum Gasteiger partial charge on any atom is 0.164 e. The van der Waals surface area contributed by atoms with Crippen molar-refractivity contribution in [2.45, 2.75) is 50.6 Å². The van der Waals surface area contributed by atoms with E-state index in [-0.39, 0.29) is 5.04 Å². The smallest absolute Gasteiger partial charge is 0.164 e. The van der Waals surface area contributed by atoms with Crippen LogP contribution >= 0.6 is 11.3 Å². The first-order valence-corrected chi connectivity index (χ1v) is 13.2. The SMILES string of the molecule is CC(C)(C)[Si](CC1CCC(=O)c2ccsc21)(c1ccccc1)c1ccccc1. The van der Waals surface area contributed by atoms with Gasteiger partial charge < -0.3 is 0 Å². The Balaban J connectivity index is 1.90.